The van der Waals surface area contributed by atoms with Gasteiger partial charge in [0.15, 0.2) is 0 Å². The van der Waals surface area contributed by atoms with E-state index in [1.807, 2.05) is 27.7 Å². The van der Waals surface area contributed by atoms with Gasteiger partial charge in [0.1, 0.15) is 0 Å². The normalized spacial score (nSPS) is 16.2. The number of nitrogens with one attached hydrogen (secondary N) is 1. The van der Waals surface area contributed by atoms with Crippen molar-refractivity contribution in [3.63, 3.8) is 0 Å². The van der Waals surface area contributed by atoms with Gasteiger partial charge in [-0.2, -0.15) is 15.2 Å². The zero-order valence-corrected chi connectivity index (χ0v) is 37.1. The van der Waals surface area contributed by atoms with E-state index in [2.05, 4.69) is 23.9 Å². The molecule has 0 saturated carbocycles. The standard InChI is InChI=1S/C33H46F5N4O8.C3H8.C2H6.Fm/c1-10-17(2)28(41(7)22(45)15-39-32(47)33(4,5)40(6)16-43)20(48-8)14-21(44)42-13-11-12-19(42)29(49-9)18(3)31(46)50-30-26(37)24(35)23(34)25(36)27(30)38;1-3-2;1-2;/h17-20,28-29H,10-15H2,1-9H3,(H,39,47);3H2,1-2H3;1-2H3;/q-1;;;. The number of ether oxygens (including phenoxy) is 3. The average molecular weight is 1050 g/mol. The molecule has 4 amide bonds. The van der Waals surface area contributed by atoms with Gasteiger partial charge in [0.2, 0.25) is 52.6 Å². The number of carbonyl (C=O) groups excluding carboxylic acids is 5. The molecule has 0 bridgehead atoms. The number of amides is 4. The van der Waals surface area contributed by atoms with Gasteiger partial charge in [-0.1, -0.05) is 54.4 Å². The summed E-state index contributed by atoms with van der Waals surface area (Å²) in [7, 11) is 5.53. The molecule has 6 unspecified atom stereocenters. The van der Waals surface area contributed by atoms with Gasteiger partial charge in [0.25, 0.3) is 0 Å². The summed E-state index contributed by atoms with van der Waals surface area (Å²) < 4.78 is 85.2. The molecule has 0 radical (unpaired) electrons. The van der Waals surface area contributed by atoms with Gasteiger partial charge in [-0.25, -0.2) is 13.2 Å². The first kappa shape index (κ1) is 53.2. The molecule has 1 aliphatic rings. The summed E-state index contributed by atoms with van der Waals surface area (Å²) in [4.78, 5) is 67.7. The zero-order chi connectivity index (χ0) is 43.0. The Hall–Kier alpha value is -4.86. The fraction of sp³-hybridized carbons (Fsp3) is 0.711. The molecule has 56 heavy (non-hydrogen) atoms. The van der Waals surface area contributed by atoms with Gasteiger partial charge in [0.05, 0.1) is 48.7 Å². The smallest absolute Gasteiger partial charge is 0.316 e. The molecule has 18 heteroatoms. The number of hydrogen-bond acceptors (Lipinski definition) is 8. The number of hydrogen-bond donors (Lipinski definition) is 1. The summed E-state index contributed by atoms with van der Waals surface area (Å²) in [6.45, 7) is 16.1. The molecule has 1 aromatic carbocycles. The maximum atomic E-state index is 14.2. The molecule has 0 aromatic heterocycles. The van der Waals surface area contributed by atoms with Gasteiger partial charge in [-0.15, -0.1) is 0 Å². The third kappa shape index (κ3) is 12.8. The van der Waals surface area contributed by atoms with Gasteiger partial charge in [0, 0.05) is 27.8 Å². The monoisotopic (exact) mass is 1050 g/mol. The summed E-state index contributed by atoms with van der Waals surface area (Å²) in [5.41, 5.74) is -1.28. The summed E-state index contributed by atoms with van der Waals surface area (Å²) in [6.07, 6.45) is 2.18. The van der Waals surface area contributed by atoms with Crippen LogP contribution in [0.2, 0.25) is 0 Å². The number of carbonyl (C=O) groups is 4. The number of methoxy groups -OCH3 is 2. The molecule has 1 N–H and O–H groups in total. The molecule has 0 aliphatic carbocycles. The Morgan fingerprint density at radius 3 is 1.88 bits per heavy atom. The first-order valence-corrected chi connectivity index (χ1v) is 18.5. The van der Waals surface area contributed by atoms with Crippen LogP contribution in [0.25, 0.3) is 0 Å². The molecule has 328 valence electrons. The van der Waals surface area contributed by atoms with Crippen LogP contribution < -0.4 is 10.1 Å². The van der Waals surface area contributed by atoms with Crippen molar-refractivity contribution in [3.8, 4) is 5.75 Å². The van der Waals surface area contributed by atoms with Crippen molar-refractivity contribution in [2.45, 2.75) is 124 Å². The van der Waals surface area contributed by atoms with Crippen LogP contribution >= 0.6 is 0 Å². The van der Waals surface area contributed by atoms with Crippen molar-refractivity contribution in [3.05, 3.63) is 29.1 Å². The number of halogens is 5. The Bertz CT molecular complexity index is 1410. The predicted molar refractivity (Wildman–Crippen MR) is 196 cm³/mol. The molecule has 1 heterocycles. The molecule has 0 spiro atoms. The second-order valence-corrected chi connectivity index (χ2v) is 13.6. The topological polar surface area (TPSA) is 135 Å². The Morgan fingerprint density at radius 2 is 1.43 bits per heavy atom. The van der Waals surface area contributed by atoms with E-state index in [9.17, 15) is 45.9 Å². The number of esters is 1. The number of likely N-dealkylation sites (N-methyl/N-ethyl adjacent to an activating group) is 2. The minimum atomic E-state index is -2.41. The van der Waals surface area contributed by atoms with Crippen LogP contribution in [0.1, 0.15) is 94.4 Å². The van der Waals surface area contributed by atoms with Crippen molar-refractivity contribution in [2.24, 2.45) is 11.8 Å². The zero-order valence-electron chi connectivity index (χ0n) is 34.7. The molecule has 6 atom stereocenters. The van der Waals surface area contributed by atoms with Crippen LogP contribution in [0.15, 0.2) is 0 Å². The number of likely N-dealkylation sites (tertiary alicyclic amines) is 1. The molecular formula is C38H60F5FmN4O8-. The summed E-state index contributed by atoms with van der Waals surface area (Å²) in [5.74, 6) is -17.7. The van der Waals surface area contributed by atoms with E-state index in [1.165, 1.54) is 65.3 Å². The van der Waals surface area contributed by atoms with Crippen molar-refractivity contribution >= 4 is 30.1 Å². The fourth-order valence-corrected chi connectivity index (χ4v) is 5.94. The minimum absolute atomic E-state index is 0. The number of nitrogens with zero attached hydrogens (tertiary/aromatic N) is 3. The van der Waals surface area contributed by atoms with E-state index in [0.29, 0.717) is 19.3 Å². The van der Waals surface area contributed by atoms with Crippen LogP contribution in [0.4, 0.5) is 22.0 Å². The largest absolute Gasteiger partial charge is 0.520 e. The molecule has 12 nitrogen and oxygen atoms in total. The third-order valence-electron chi connectivity index (χ3n) is 9.57. The Morgan fingerprint density at radius 1 is 0.929 bits per heavy atom. The molecule has 1 aromatic rings. The second kappa shape index (κ2) is 24.6. The number of benzene rings is 1. The van der Waals surface area contributed by atoms with Crippen molar-refractivity contribution in [2.75, 3.05) is 41.4 Å². The quantitative estimate of drug-likeness (QED) is 0.0409. The minimum Gasteiger partial charge on any atom is -0.520 e. The maximum Gasteiger partial charge on any atom is 0.316 e. The Labute approximate surface area is 322 Å². The first-order valence-electron chi connectivity index (χ1n) is 18.5. The molecular weight excluding hydrogens is 992 g/mol. The van der Waals surface area contributed by atoms with Crippen molar-refractivity contribution in [1.82, 2.24) is 20.0 Å². The Balaban J connectivity index is 0. The molecule has 1 saturated heterocycles. The van der Waals surface area contributed by atoms with E-state index in [1.54, 1.807) is 6.41 Å². The van der Waals surface area contributed by atoms with E-state index in [-0.39, 0.29) is 18.9 Å². The van der Waals surface area contributed by atoms with E-state index >= 15 is 0 Å². The van der Waals surface area contributed by atoms with Crippen LogP contribution in [0, 0.1) is 40.9 Å². The fourth-order valence-electron chi connectivity index (χ4n) is 5.94. The van der Waals surface area contributed by atoms with Crippen molar-refractivity contribution in [1.29, 1.82) is 0 Å². The van der Waals surface area contributed by atoms with E-state index < -0.39 is 101 Å². The van der Waals surface area contributed by atoms with E-state index in [4.69, 9.17) is 9.47 Å². The average Bonchev–Trinajstić information content (AvgIpc) is 3.66. The van der Waals surface area contributed by atoms with Crippen LogP contribution in [-0.2, 0) is 33.4 Å². The van der Waals surface area contributed by atoms with Gasteiger partial charge < -0.3 is 39.0 Å². The van der Waals surface area contributed by atoms with Gasteiger partial charge in [-0.3, -0.25) is 19.2 Å². The Kier molecular flexibility index (Phi) is 23.4. The SMILES string of the molecule is CC.CCC.CCC(C)C(C(CC(=O)N1CCCC1C(OC)C(C)C(=O)Oc1c(F)c(F)c(F)c(F)c1F)OC)N(C)C(=O)CNC(=O)C(C)(C)N(C)[C-]=O.[Fm]. The summed E-state index contributed by atoms with van der Waals surface area (Å²) in [5, 5.41) is 2.53. The second-order valence-electron chi connectivity index (χ2n) is 13.6. The predicted octanol–water partition coefficient (Wildman–Crippen LogP) is 5.54. The molecule has 2 rings (SSSR count). The molecule has 1 aliphatic heterocycles. The van der Waals surface area contributed by atoms with E-state index in [0.717, 1.165) is 4.90 Å². The van der Waals surface area contributed by atoms with Crippen LogP contribution in [0.5, 0.6) is 5.75 Å². The van der Waals surface area contributed by atoms with Crippen molar-refractivity contribution < 1.29 is 60.1 Å². The van der Waals surface area contributed by atoms with Gasteiger partial charge >= 0.3 is 5.97 Å². The number of rotatable bonds is 17. The third-order valence-corrected chi connectivity index (χ3v) is 9.57. The van der Waals surface area contributed by atoms with Gasteiger partial charge in [-0.05, 0) is 46.6 Å². The summed E-state index contributed by atoms with van der Waals surface area (Å²) >= 11 is 0. The maximum absolute atomic E-state index is 14.2. The molecule has 1 fully saturated rings. The van der Waals surface area contributed by atoms with Crippen LogP contribution in [0.3, 0.4) is 0 Å². The van der Waals surface area contributed by atoms with Crippen LogP contribution in [-0.4, -0.2) is 116 Å². The summed E-state index contributed by atoms with van der Waals surface area (Å²) in [6, 6.07) is -1.38. The first-order chi connectivity index (χ1) is 25.7.